The second kappa shape index (κ2) is 7.11. The maximum atomic E-state index is 11.1. The second-order valence-electron chi connectivity index (χ2n) is 6.15. The molecule has 0 radical (unpaired) electrons. The zero-order valence-electron chi connectivity index (χ0n) is 13.9. The van der Waals surface area contributed by atoms with Gasteiger partial charge in [0, 0.05) is 42.3 Å². The van der Waals surface area contributed by atoms with E-state index in [2.05, 4.69) is 33.7 Å². The molecular formula is C19H24N2O2. The first-order valence-electron chi connectivity index (χ1n) is 8.22. The van der Waals surface area contributed by atoms with E-state index in [0.717, 1.165) is 68.2 Å². The Labute approximate surface area is 137 Å². The van der Waals surface area contributed by atoms with Gasteiger partial charge in [0.15, 0.2) is 6.29 Å². The predicted octanol–water partition coefficient (Wildman–Crippen LogP) is 2.78. The van der Waals surface area contributed by atoms with E-state index < -0.39 is 0 Å². The maximum absolute atomic E-state index is 11.1. The Morgan fingerprint density at radius 1 is 1.13 bits per heavy atom. The van der Waals surface area contributed by atoms with Gasteiger partial charge in [-0.15, -0.1) is 0 Å². The van der Waals surface area contributed by atoms with Crippen molar-refractivity contribution in [3.63, 3.8) is 0 Å². The number of aromatic nitrogens is 1. The lowest BCUT2D eigenvalue weighted by Gasteiger charge is -2.26. The van der Waals surface area contributed by atoms with Gasteiger partial charge in [-0.25, -0.2) is 0 Å². The van der Waals surface area contributed by atoms with Crippen LogP contribution in [0.25, 0.3) is 5.69 Å². The number of morpholine rings is 1. The fourth-order valence-corrected chi connectivity index (χ4v) is 3.23. The summed E-state index contributed by atoms with van der Waals surface area (Å²) in [5.41, 5.74) is 5.31. The molecule has 4 heteroatoms. The third kappa shape index (κ3) is 3.54. The number of rotatable bonds is 5. The molecule has 23 heavy (non-hydrogen) atoms. The number of aryl methyl sites for hydroxylation is 1. The molecule has 1 aromatic heterocycles. The zero-order valence-corrected chi connectivity index (χ0v) is 13.9. The molecule has 0 saturated carbocycles. The van der Waals surface area contributed by atoms with E-state index in [-0.39, 0.29) is 0 Å². The molecule has 3 rings (SSSR count). The van der Waals surface area contributed by atoms with Gasteiger partial charge in [0.25, 0.3) is 0 Å². The number of aldehydes is 1. The van der Waals surface area contributed by atoms with Crippen LogP contribution in [-0.2, 0) is 11.2 Å². The predicted molar refractivity (Wildman–Crippen MR) is 91.6 cm³/mol. The van der Waals surface area contributed by atoms with Crippen LogP contribution < -0.4 is 0 Å². The van der Waals surface area contributed by atoms with Crippen molar-refractivity contribution in [1.29, 1.82) is 0 Å². The van der Waals surface area contributed by atoms with E-state index in [1.54, 1.807) is 0 Å². The van der Waals surface area contributed by atoms with Crippen molar-refractivity contribution in [2.75, 3.05) is 32.8 Å². The molecule has 0 atom stereocenters. The molecule has 4 nitrogen and oxygen atoms in total. The van der Waals surface area contributed by atoms with Crippen LogP contribution in [0.5, 0.6) is 0 Å². The van der Waals surface area contributed by atoms with Crippen LogP contribution in [0.1, 0.15) is 27.3 Å². The summed E-state index contributed by atoms with van der Waals surface area (Å²) in [5.74, 6) is 0. The van der Waals surface area contributed by atoms with Gasteiger partial charge >= 0.3 is 0 Å². The lowest BCUT2D eigenvalue weighted by atomic mass is 10.1. The molecule has 122 valence electrons. The Bertz CT molecular complexity index is 667. The minimum Gasteiger partial charge on any atom is -0.379 e. The summed E-state index contributed by atoms with van der Waals surface area (Å²) in [6.07, 6.45) is 1.99. The summed E-state index contributed by atoms with van der Waals surface area (Å²) >= 11 is 0. The number of ether oxygens (including phenoxy) is 1. The smallest absolute Gasteiger partial charge is 0.151 e. The standard InChI is InChI=1S/C19H24N2O2/c1-15-13-18(14-22)16(2)21(15)19-5-3-17(4-6-19)7-8-20-9-11-23-12-10-20/h3-6,13-14H,7-12H2,1-2H3. The molecule has 1 aromatic carbocycles. The van der Waals surface area contributed by atoms with Crippen molar-refractivity contribution in [2.24, 2.45) is 0 Å². The van der Waals surface area contributed by atoms with E-state index in [9.17, 15) is 4.79 Å². The van der Waals surface area contributed by atoms with Crippen molar-refractivity contribution in [1.82, 2.24) is 9.47 Å². The molecule has 0 bridgehead atoms. The monoisotopic (exact) mass is 312 g/mol. The first-order chi connectivity index (χ1) is 11.2. The Balaban J connectivity index is 1.69. The van der Waals surface area contributed by atoms with Crippen molar-refractivity contribution in [3.8, 4) is 5.69 Å². The van der Waals surface area contributed by atoms with Crippen LogP contribution in [0.2, 0.25) is 0 Å². The first kappa shape index (κ1) is 16.0. The number of nitrogens with zero attached hydrogens (tertiary/aromatic N) is 2. The zero-order chi connectivity index (χ0) is 16.2. The molecular weight excluding hydrogens is 288 g/mol. The molecule has 2 aromatic rings. The molecule has 0 aliphatic carbocycles. The van der Waals surface area contributed by atoms with Crippen LogP contribution in [0.15, 0.2) is 30.3 Å². The fourth-order valence-electron chi connectivity index (χ4n) is 3.23. The normalized spacial score (nSPS) is 15.7. The van der Waals surface area contributed by atoms with Gasteiger partial charge in [-0.2, -0.15) is 0 Å². The third-order valence-electron chi connectivity index (χ3n) is 4.61. The molecule has 1 aliphatic rings. The lowest BCUT2D eigenvalue weighted by Crippen LogP contribution is -2.37. The molecule has 1 aliphatic heterocycles. The average molecular weight is 312 g/mol. The van der Waals surface area contributed by atoms with Crippen molar-refractivity contribution >= 4 is 6.29 Å². The van der Waals surface area contributed by atoms with Gasteiger partial charge in [-0.1, -0.05) is 12.1 Å². The highest BCUT2D eigenvalue weighted by Crippen LogP contribution is 2.20. The van der Waals surface area contributed by atoms with Crippen molar-refractivity contribution in [2.45, 2.75) is 20.3 Å². The highest BCUT2D eigenvalue weighted by Gasteiger charge is 2.11. The molecule has 1 fully saturated rings. The van der Waals surface area contributed by atoms with E-state index in [1.807, 2.05) is 19.9 Å². The van der Waals surface area contributed by atoms with Gasteiger partial charge in [0.1, 0.15) is 0 Å². The van der Waals surface area contributed by atoms with Gasteiger partial charge in [-0.05, 0) is 44.0 Å². The van der Waals surface area contributed by atoms with Gasteiger partial charge in [0.2, 0.25) is 0 Å². The van der Waals surface area contributed by atoms with E-state index in [4.69, 9.17) is 4.74 Å². The summed E-state index contributed by atoms with van der Waals surface area (Å²) in [4.78, 5) is 13.5. The quantitative estimate of drug-likeness (QED) is 0.796. The van der Waals surface area contributed by atoms with Gasteiger partial charge in [-0.3, -0.25) is 9.69 Å². The summed E-state index contributed by atoms with van der Waals surface area (Å²) in [6, 6.07) is 10.6. The molecule has 0 unspecified atom stereocenters. The van der Waals surface area contributed by atoms with Crippen LogP contribution >= 0.6 is 0 Å². The number of benzene rings is 1. The summed E-state index contributed by atoms with van der Waals surface area (Å²) < 4.78 is 7.52. The number of hydrogen-bond acceptors (Lipinski definition) is 3. The van der Waals surface area contributed by atoms with E-state index in [0.29, 0.717) is 0 Å². The van der Waals surface area contributed by atoms with Crippen LogP contribution in [0, 0.1) is 13.8 Å². The number of carbonyl (C=O) groups is 1. The molecule has 1 saturated heterocycles. The largest absolute Gasteiger partial charge is 0.379 e. The summed E-state index contributed by atoms with van der Waals surface area (Å²) in [5, 5.41) is 0. The molecule has 0 amide bonds. The average Bonchev–Trinajstić information content (AvgIpc) is 2.88. The Morgan fingerprint density at radius 2 is 1.83 bits per heavy atom. The Hall–Kier alpha value is -1.91. The van der Waals surface area contributed by atoms with Crippen molar-refractivity contribution in [3.05, 3.63) is 52.8 Å². The fraction of sp³-hybridized carbons (Fsp3) is 0.421. The first-order valence-corrected chi connectivity index (χ1v) is 8.22. The van der Waals surface area contributed by atoms with Crippen LogP contribution in [0.4, 0.5) is 0 Å². The highest BCUT2D eigenvalue weighted by atomic mass is 16.5. The minimum atomic E-state index is 0.763. The van der Waals surface area contributed by atoms with Gasteiger partial charge < -0.3 is 9.30 Å². The summed E-state index contributed by atoms with van der Waals surface area (Å²) in [6.45, 7) is 8.88. The van der Waals surface area contributed by atoms with Crippen LogP contribution in [0.3, 0.4) is 0 Å². The lowest BCUT2D eigenvalue weighted by molar-refractivity contribution is 0.0384. The molecule has 0 N–H and O–H groups in total. The van der Waals surface area contributed by atoms with E-state index >= 15 is 0 Å². The maximum Gasteiger partial charge on any atom is 0.151 e. The third-order valence-corrected chi connectivity index (χ3v) is 4.61. The second-order valence-corrected chi connectivity index (χ2v) is 6.15. The Morgan fingerprint density at radius 3 is 2.43 bits per heavy atom. The van der Waals surface area contributed by atoms with Crippen LogP contribution in [-0.4, -0.2) is 48.6 Å². The SMILES string of the molecule is Cc1cc(C=O)c(C)n1-c1ccc(CCN2CCOCC2)cc1. The number of hydrogen-bond donors (Lipinski definition) is 0. The number of carbonyl (C=O) groups excluding carboxylic acids is 1. The summed E-state index contributed by atoms with van der Waals surface area (Å²) in [7, 11) is 0. The van der Waals surface area contributed by atoms with E-state index in [1.165, 1.54) is 5.56 Å². The van der Waals surface area contributed by atoms with Gasteiger partial charge in [0.05, 0.1) is 13.2 Å². The molecule has 0 spiro atoms. The van der Waals surface area contributed by atoms with Crippen molar-refractivity contribution < 1.29 is 9.53 Å². The topological polar surface area (TPSA) is 34.5 Å². The highest BCUT2D eigenvalue weighted by molar-refractivity contribution is 5.77. The minimum absolute atomic E-state index is 0.763. The molecule has 2 heterocycles. The Kier molecular flexibility index (Phi) is 4.94.